The largest absolute Gasteiger partial charge is 0.394 e. The van der Waals surface area contributed by atoms with Crippen molar-refractivity contribution in [3.8, 4) is 0 Å². The molecule has 1 unspecified atom stereocenters. The second kappa shape index (κ2) is 5.20. The molecule has 0 aromatic carbocycles. The molecule has 2 aromatic heterocycles. The van der Waals surface area contributed by atoms with Crippen LogP contribution in [0.5, 0.6) is 0 Å². The van der Waals surface area contributed by atoms with Crippen LogP contribution in [-0.2, 0) is 13.0 Å². The average molecular weight is 238 g/mol. The molecule has 2 heterocycles. The summed E-state index contributed by atoms with van der Waals surface area (Å²) in [5.74, 6) is 0. The van der Waals surface area contributed by atoms with Gasteiger partial charge in [0.15, 0.2) is 0 Å². The molecule has 6 heteroatoms. The van der Waals surface area contributed by atoms with Gasteiger partial charge in [-0.25, -0.2) is 9.97 Å². The van der Waals surface area contributed by atoms with Gasteiger partial charge in [-0.1, -0.05) is 0 Å². The van der Waals surface area contributed by atoms with Gasteiger partial charge in [0.25, 0.3) is 0 Å². The van der Waals surface area contributed by atoms with E-state index in [1.54, 1.807) is 23.9 Å². The Bertz CT molecular complexity index is 426. The highest BCUT2D eigenvalue weighted by atomic mass is 32.1. The molecule has 0 saturated heterocycles. The predicted octanol–water partition coefficient (Wildman–Crippen LogP) is 0.574. The first-order valence-electron chi connectivity index (χ1n) is 5.05. The number of aromatic nitrogens is 3. The van der Waals surface area contributed by atoms with Crippen molar-refractivity contribution in [1.82, 2.24) is 14.5 Å². The first-order valence-corrected chi connectivity index (χ1v) is 5.99. The summed E-state index contributed by atoms with van der Waals surface area (Å²) < 4.78 is 1.96. The molecule has 16 heavy (non-hydrogen) atoms. The Morgan fingerprint density at radius 1 is 1.56 bits per heavy atom. The number of hydrogen-bond acceptors (Lipinski definition) is 5. The molecular weight excluding hydrogens is 224 g/mol. The molecule has 0 fully saturated rings. The van der Waals surface area contributed by atoms with Crippen LogP contribution in [0, 0.1) is 0 Å². The van der Waals surface area contributed by atoms with Crippen molar-refractivity contribution in [2.24, 2.45) is 5.73 Å². The van der Waals surface area contributed by atoms with Gasteiger partial charge >= 0.3 is 0 Å². The van der Waals surface area contributed by atoms with Crippen molar-refractivity contribution >= 4 is 11.3 Å². The third-order valence-corrected chi connectivity index (χ3v) is 3.05. The van der Waals surface area contributed by atoms with Crippen molar-refractivity contribution < 1.29 is 5.11 Å². The van der Waals surface area contributed by atoms with E-state index >= 15 is 0 Å². The summed E-state index contributed by atoms with van der Waals surface area (Å²) in [4.78, 5) is 8.26. The van der Waals surface area contributed by atoms with Gasteiger partial charge < -0.3 is 15.4 Å². The van der Waals surface area contributed by atoms with Crippen LogP contribution in [0.25, 0.3) is 0 Å². The summed E-state index contributed by atoms with van der Waals surface area (Å²) in [7, 11) is 0. The number of aryl methyl sites for hydroxylation is 2. The highest BCUT2D eigenvalue weighted by molar-refractivity contribution is 7.07. The van der Waals surface area contributed by atoms with E-state index in [-0.39, 0.29) is 12.6 Å². The van der Waals surface area contributed by atoms with Crippen LogP contribution in [0.4, 0.5) is 0 Å². The SMILES string of the molecule is NC(CO)c1cncn1CCc1cscn1. The second-order valence-electron chi connectivity index (χ2n) is 3.53. The van der Waals surface area contributed by atoms with Gasteiger partial charge in [0.2, 0.25) is 0 Å². The Kier molecular flexibility index (Phi) is 3.66. The molecule has 0 saturated carbocycles. The molecule has 0 aliphatic rings. The van der Waals surface area contributed by atoms with Gasteiger partial charge in [-0.2, -0.15) is 0 Å². The molecule has 0 aliphatic carbocycles. The Labute approximate surface area is 97.6 Å². The zero-order valence-electron chi connectivity index (χ0n) is 8.78. The maximum atomic E-state index is 9.01. The van der Waals surface area contributed by atoms with E-state index in [4.69, 9.17) is 10.8 Å². The average Bonchev–Trinajstić information content (AvgIpc) is 2.96. The Balaban J connectivity index is 2.01. The lowest BCUT2D eigenvalue weighted by molar-refractivity contribution is 0.263. The van der Waals surface area contributed by atoms with E-state index in [1.807, 2.05) is 15.5 Å². The van der Waals surface area contributed by atoms with Gasteiger partial charge in [0, 0.05) is 24.5 Å². The van der Waals surface area contributed by atoms with E-state index in [1.165, 1.54) is 0 Å². The van der Waals surface area contributed by atoms with Gasteiger partial charge in [-0.15, -0.1) is 11.3 Å². The van der Waals surface area contributed by atoms with Crippen LogP contribution >= 0.6 is 11.3 Å². The van der Waals surface area contributed by atoms with Crippen molar-refractivity contribution in [3.05, 3.63) is 34.8 Å². The fourth-order valence-corrected chi connectivity index (χ4v) is 2.11. The summed E-state index contributed by atoms with van der Waals surface area (Å²) in [6.07, 6.45) is 4.28. The van der Waals surface area contributed by atoms with Crippen LogP contribution in [-0.4, -0.2) is 26.2 Å². The maximum Gasteiger partial charge on any atom is 0.0948 e. The molecule has 3 N–H and O–H groups in total. The monoisotopic (exact) mass is 238 g/mol. The fourth-order valence-electron chi connectivity index (χ4n) is 1.52. The van der Waals surface area contributed by atoms with Gasteiger partial charge in [-0.05, 0) is 0 Å². The molecule has 0 amide bonds. The van der Waals surface area contributed by atoms with Crippen molar-refractivity contribution in [3.63, 3.8) is 0 Å². The Morgan fingerprint density at radius 3 is 3.12 bits per heavy atom. The number of rotatable bonds is 5. The summed E-state index contributed by atoms with van der Waals surface area (Å²) >= 11 is 1.59. The molecule has 0 spiro atoms. The molecular formula is C10H14N4OS. The number of imidazole rings is 1. The minimum atomic E-state index is -0.363. The lowest BCUT2D eigenvalue weighted by Gasteiger charge is -2.11. The van der Waals surface area contributed by atoms with Gasteiger partial charge in [0.1, 0.15) is 0 Å². The first-order chi connectivity index (χ1) is 7.81. The molecule has 86 valence electrons. The first kappa shape index (κ1) is 11.3. The normalized spacial score (nSPS) is 12.9. The van der Waals surface area contributed by atoms with Crippen molar-refractivity contribution in [1.29, 1.82) is 0 Å². The van der Waals surface area contributed by atoms with Gasteiger partial charge in [0.05, 0.1) is 35.9 Å². The number of aliphatic hydroxyl groups excluding tert-OH is 1. The van der Waals surface area contributed by atoms with Crippen LogP contribution in [0.3, 0.4) is 0 Å². The maximum absolute atomic E-state index is 9.01. The Hall–Kier alpha value is -1.24. The van der Waals surface area contributed by atoms with E-state index in [0.29, 0.717) is 0 Å². The number of hydrogen-bond donors (Lipinski definition) is 2. The molecule has 2 aromatic rings. The number of thiazole rings is 1. The molecule has 0 aliphatic heterocycles. The minimum Gasteiger partial charge on any atom is -0.394 e. The highest BCUT2D eigenvalue weighted by Crippen LogP contribution is 2.10. The third-order valence-electron chi connectivity index (χ3n) is 2.41. The van der Waals surface area contributed by atoms with E-state index < -0.39 is 0 Å². The summed E-state index contributed by atoms with van der Waals surface area (Å²) in [5.41, 5.74) is 9.52. The van der Waals surface area contributed by atoms with Crippen LogP contribution in [0.1, 0.15) is 17.4 Å². The standard InChI is InChI=1S/C10H14N4OS/c11-9(4-15)10-3-12-6-14(10)2-1-8-5-16-7-13-8/h3,5-7,9,15H,1-2,4,11H2. The summed E-state index contributed by atoms with van der Waals surface area (Å²) in [5, 5.41) is 11.0. The zero-order chi connectivity index (χ0) is 11.4. The quantitative estimate of drug-likeness (QED) is 0.798. The van der Waals surface area contributed by atoms with Crippen LogP contribution in [0.2, 0.25) is 0 Å². The zero-order valence-corrected chi connectivity index (χ0v) is 9.60. The Morgan fingerprint density at radius 2 is 2.44 bits per heavy atom. The predicted molar refractivity (Wildman–Crippen MR) is 62.1 cm³/mol. The molecule has 2 rings (SSSR count). The third kappa shape index (κ3) is 2.46. The molecule has 0 bridgehead atoms. The van der Waals surface area contributed by atoms with E-state index in [2.05, 4.69) is 9.97 Å². The number of nitrogens with two attached hydrogens (primary N) is 1. The van der Waals surface area contributed by atoms with Crippen LogP contribution < -0.4 is 5.73 Å². The topological polar surface area (TPSA) is 77.0 Å². The van der Waals surface area contributed by atoms with Crippen LogP contribution in [0.15, 0.2) is 23.4 Å². The highest BCUT2D eigenvalue weighted by Gasteiger charge is 2.10. The lowest BCUT2D eigenvalue weighted by Crippen LogP contribution is -2.19. The smallest absolute Gasteiger partial charge is 0.0948 e. The lowest BCUT2D eigenvalue weighted by atomic mass is 10.2. The number of nitrogens with zero attached hydrogens (tertiary/aromatic N) is 3. The van der Waals surface area contributed by atoms with Crippen molar-refractivity contribution in [2.45, 2.75) is 19.0 Å². The van der Waals surface area contributed by atoms with E-state index in [0.717, 1.165) is 24.4 Å². The van der Waals surface area contributed by atoms with Gasteiger partial charge in [-0.3, -0.25) is 0 Å². The minimum absolute atomic E-state index is 0.0671. The molecule has 1 atom stereocenters. The summed E-state index contributed by atoms with van der Waals surface area (Å²) in [6, 6.07) is -0.363. The van der Waals surface area contributed by atoms with E-state index in [9.17, 15) is 0 Å². The molecule has 5 nitrogen and oxygen atoms in total. The summed E-state index contributed by atoms with van der Waals surface area (Å²) in [6.45, 7) is 0.717. The fraction of sp³-hybridized carbons (Fsp3) is 0.400. The second-order valence-corrected chi connectivity index (χ2v) is 4.25. The number of aliphatic hydroxyl groups is 1. The molecule has 0 radical (unpaired) electrons. The van der Waals surface area contributed by atoms with Crippen molar-refractivity contribution in [2.75, 3.05) is 6.61 Å².